The number of unbranched alkanes of at least 4 members (excludes halogenated alkanes) is 39. The van der Waals surface area contributed by atoms with Gasteiger partial charge in [0.05, 0.1) is 148 Å². The van der Waals surface area contributed by atoms with E-state index in [9.17, 15) is 28.8 Å². The molecular formula is C116H202O23. The van der Waals surface area contributed by atoms with Gasteiger partial charge in [-0.2, -0.15) is 0 Å². The molecule has 11 rings (SSSR count). The third-order valence-corrected chi connectivity index (χ3v) is 31.3. The lowest BCUT2D eigenvalue weighted by atomic mass is 10.0. The van der Waals surface area contributed by atoms with Gasteiger partial charge >= 0.3 is 35.8 Å². The second-order valence-corrected chi connectivity index (χ2v) is 44.0. The van der Waals surface area contributed by atoms with E-state index < -0.39 is 12.2 Å². The van der Waals surface area contributed by atoms with Gasteiger partial charge in [-0.05, 0) is 116 Å². The summed E-state index contributed by atoms with van der Waals surface area (Å²) in [6.45, 7) is 13.7. The van der Waals surface area contributed by atoms with Gasteiger partial charge < -0.3 is 80.5 Å². The Kier molecular flexibility index (Phi) is 60.0. The van der Waals surface area contributed by atoms with E-state index in [4.69, 9.17) is 80.5 Å². The third-order valence-electron chi connectivity index (χ3n) is 31.3. The second-order valence-electron chi connectivity index (χ2n) is 44.0. The Balaban J connectivity index is 0.000000287. The van der Waals surface area contributed by atoms with Crippen LogP contribution in [0.4, 0.5) is 0 Å². The summed E-state index contributed by atoms with van der Waals surface area (Å²) >= 11 is 0. The molecule has 11 aliphatic rings. The quantitative estimate of drug-likeness (QED) is 0.0236. The van der Waals surface area contributed by atoms with Crippen molar-refractivity contribution >= 4 is 35.8 Å². The van der Waals surface area contributed by atoms with Crippen LogP contribution in [0.3, 0.4) is 0 Å². The summed E-state index contributed by atoms with van der Waals surface area (Å²) in [6.07, 6.45) is 87.9. The van der Waals surface area contributed by atoms with Gasteiger partial charge in [-0.1, -0.05) is 330 Å². The van der Waals surface area contributed by atoms with Crippen LogP contribution in [0.15, 0.2) is 0 Å². The van der Waals surface area contributed by atoms with Crippen LogP contribution >= 0.6 is 0 Å². The average molecular weight is 1960 g/mol. The number of rotatable bonds is 97. The van der Waals surface area contributed by atoms with Crippen molar-refractivity contribution in [3.63, 3.8) is 0 Å². The maximum absolute atomic E-state index is 13.0. The second kappa shape index (κ2) is 71.1. The molecule has 24 unspecified atom stereocenters. The maximum atomic E-state index is 13.0. The largest absolute Gasteiger partial charge is 0.466 e. The van der Waals surface area contributed by atoms with Crippen molar-refractivity contribution in [2.75, 3.05) is 26.4 Å². The molecule has 0 aromatic rings. The van der Waals surface area contributed by atoms with Crippen LogP contribution in [0, 0.1) is 0 Å². The number of hydrogen-bond acceptors (Lipinski definition) is 23. The highest BCUT2D eigenvalue weighted by Crippen LogP contribution is 2.45. The van der Waals surface area contributed by atoms with Gasteiger partial charge in [0.2, 0.25) is 0 Å². The summed E-state index contributed by atoms with van der Waals surface area (Å²) < 4.78 is 98.9. The first-order valence-electron chi connectivity index (χ1n) is 59.4. The SMILES string of the molecule is CCCCCC1OC1CC1OC1CCCCCCCC(=O)OCCC(COC(=O)CCCCCCCC1OC1CC1OC1CCCCC)OC(=O)CCCCCCCC1OC1CC1OC1CCCCC.CCCCCCCCC1OC1CCCCCCCC(=O)OC(CCOC(=O)CCCCCCCC1OC1CC1OC1CCCCC)COC(=O)CCCCCCCC1OC1CC1OC1CCCCC. The minimum atomic E-state index is -0.644. The molecule has 139 heavy (non-hydrogen) atoms. The summed E-state index contributed by atoms with van der Waals surface area (Å²) in [6, 6.07) is 0. The van der Waals surface area contributed by atoms with Gasteiger partial charge in [0, 0.05) is 83.5 Å². The van der Waals surface area contributed by atoms with Crippen molar-refractivity contribution in [2.45, 2.75) is 676 Å². The monoisotopic (exact) mass is 1960 g/mol. The molecule has 24 atom stereocenters. The summed E-state index contributed by atoms with van der Waals surface area (Å²) in [5, 5.41) is 0. The molecule has 0 aromatic carbocycles. The molecule has 11 aliphatic heterocycles. The zero-order chi connectivity index (χ0) is 97.9. The first-order valence-corrected chi connectivity index (χ1v) is 59.4. The minimum Gasteiger partial charge on any atom is -0.466 e. The molecule has 0 aliphatic carbocycles. The zero-order valence-electron chi connectivity index (χ0n) is 88.8. The van der Waals surface area contributed by atoms with E-state index >= 15 is 0 Å². The molecule has 0 bridgehead atoms. The van der Waals surface area contributed by atoms with E-state index in [0.29, 0.717) is 186 Å². The van der Waals surface area contributed by atoms with Gasteiger partial charge in [0.1, 0.15) is 25.4 Å². The summed E-state index contributed by atoms with van der Waals surface area (Å²) in [7, 11) is 0. The summed E-state index contributed by atoms with van der Waals surface area (Å²) in [5.74, 6) is -1.59. The standard InChI is InChI=1S/C58H100O12.C58H102O11/c1-4-7-19-28-44-50(65-44)39-53-47(68-53)31-22-13-10-16-25-34-56(59)62-38-37-43(64-58(61)36-27-18-12-15-24-33-49-55(70-49)41-52-46(67-52)30-21-9-6-3)42-63-57(60)35-26-17-11-14-23-32-48-54(69-48)40-51-45(66-51)29-20-8-5-2;1-4-7-10-11-15-24-33-46-47(65-46)34-25-16-14-21-30-39-58(61)64-45(44-63-57(60)38-29-20-13-18-27-36-51-55(69-51)43-53-49(67-53)32-23-9-6-3)40-41-62-56(59)37-28-19-12-17-26-35-50-54(68-50)42-52-48(66-52)31-22-8-5-2/h43-55H,4-42H2,1-3H3;45-55H,4-44H2,1-3H3. The number of esters is 6. The van der Waals surface area contributed by atoms with E-state index in [2.05, 4.69) is 41.5 Å². The summed E-state index contributed by atoms with van der Waals surface area (Å²) in [4.78, 5) is 76.6. The molecule has 0 spiro atoms. The molecule has 11 heterocycles. The van der Waals surface area contributed by atoms with Gasteiger partial charge in [0.25, 0.3) is 0 Å². The lowest BCUT2D eigenvalue weighted by molar-refractivity contribution is -0.161. The highest BCUT2D eigenvalue weighted by Gasteiger charge is 2.52. The lowest BCUT2D eigenvalue weighted by Gasteiger charge is -2.18. The Hall–Kier alpha value is -3.62. The maximum Gasteiger partial charge on any atom is 0.306 e. The van der Waals surface area contributed by atoms with Crippen LogP contribution < -0.4 is 0 Å². The molecule has 0 amide bonds. The zero-order valence-corrected chi connectivity index (χ0v) is 88.8. The fraction of sp³-hybridized carbons (Fsp3) is 0.948. The van der Waals surface area contributed by atoms with E-state index in [1.165, 1.54) is 180 Å². The topological polar surface area (TPSA) is 296 Å². The molecule has 0 N–H and O–H groups in total. The molecule has 23 heteroatoms. The smallest absolute Gasteiger partial charge is 0.306 e. The fourth-order valence-electron chi connectivity index (χ4n) is 21.3. The third kappa shape index (κ3) is 55.8. The normalized spacial score (nSPS) is 28.0. The van der Waals surface area contributed by atoms with Crippen molar-refractivity contribution in [3.8, 4) is 0 Å². The van der Waals surface area contributed by atoms with E-state index in [-0.39, 0.29) is 62.2 Å². The van der Waals surface area contributed by atoms with Crippen molar-refractivity contribution < 1.29 is 109 Å². The summed E-state index contributed by atoms with van der Waals surface area (Å²) in [5.41, 5.74) is 0. The van der Waals surface area contributed by atoms with E-state index in [1.807, 2.05) is 0 Å². The van der Waals surface area contributed by atoms with E-state index in [0.717, 1.165) is 257 Å². The van der Waals surface area contributed by atoms with Crippen molar-refractivity contribution in [1.29, 1.82) is 0 Å². The van der Waals surface area contributed by atoms with Gasteiger partial charge in [-0.25, -0.2) is 0 Å². The highest BCUT2D eigenvalue weighted by atomic mass is 16.6. The Labute approximate surface area is 843 Å². The molecular weight excluding hydrogens is 1760 g/mol. The van der Waals surface area contributed by atoms with Gasteiger partial charge in [-0.3, -0.25) is 28.8 Å². The minimum absolute atomic E-state index is 0.0142. The van der Waals surface area contributed by atoms with Crippen molar-refractivity contribution in [1.82, 2.24) is 0 Å². The predicted molar refractivity (Wildman–Crippen MR) is 544 cm³/mol. The molecule has 0 aromatic heterocycles. The van der Waals surface area contributed by atoms with E-state index in [1.54, 1.807) is 0 Å². The van der Waals surface area contributed by atoms with Gasteiger partial charge in [0.15, 0.2) is 0 Å². The van der Waals surface area contributed by atoms with Gasteiger partial charge in [-0.15, -0.1) is 0 Å². The fourth-order valence-corrected chi connectivity index (χ4v) is 21.3. The molecule has 11 fully saturated rings. The first-order chi connectivity index (χ1) is 68.2. The molecule has 804 valence electrons. The Morgan fingerprint density at radius 3 is 0.518 bits per heavy atom. The van der Waals surface area contributed by atoms with Crippen molar-refractivity contribution in [2.24, 2.45) is 0 Å². The Morgan fingerprint density at radius 2 is 0.317 bits per heavy atom. The first kappa shape index (κ1) is 117. The Bertz CT molecular complexity index is 3210. The lowest BCUT2D eigenvalue weighted by Crippen LogP contribution is -2.27. The number of carbonyl (C=O) groups is 6. The number of epoxide rings is 11. The van der Waals surface area contributed by atoms with Crippen LogP contribution in [0.5, 0.6) is 0 Å². The van der Waals surface area contributed by atoms with Crippen LogP contribution in [-0.2, 0) is 109 Å². The number of ether oxygens (including phenoxy) is 17. The average Bonchev–Trinajstić information content (AvgIpc) is 1.66. The van der Waals surface area contributed by atoms with Crippen LogP contribution in [0.1, 0.15) is 530 Å². The molecule has 0 radical (unpaired) electrons. The highest BCUT2D eigenvalue weighted by molar-refractivity contribution is 5.72. The number of hydrogen-bond donors (Lipinski definition) is 0. The predicted octanol–water partition coefficient (Wildman–Crippen LogP) is 27.2. The van der Waals surface area contributed by atoms with Crippen molar-refractivity contribution in [3.05, 3.63) is 0 Å². The van der Waals surface area contributed by atoms with Crippen LogP contribution in [0.2, 0.25) is 0 Å². The Morgan fingerprint density at radius 1 is 0.173 bits per heavy atom. The molecule has 11 saturated heterocycles. The van der Waals surface area contributed by atoms with Crippen LogP contribution in [0.25, 0.3) is 0 Å². The van der Waals surface area contributed by atoms with Crippen LogP contribution in [-0.4, -0.2) is 209 Å². The number of carbonyl (C=O) groups excluding carboxylic acids is 6. The molecule has 0 saturated carbocycles. The molecule has 23 nitrogen and oxygen atoms in total.